The number of hydrogen-bond donors (Lipinski definition) is 0. The van der Waals surface area contributed by atoms with Crippen molar-refractivity contribution in [2.45, 2.75) is 236 Å². The van der Waals surface area contributed by atoms with Crippen LogP contribution in [0.3, 0.4) is 0 Å². The van der Waals surface area contributed by atoms with E-state index in [9.17, 15) is 0 Å². The Morgan fingerprint density at radius 2 is 0.681 bits per heavy atom. The molecule has 47 heavy (non-hydrogen) atoms. The maximum atomic E-state index is 7.32. The van der Waals surface area contributed by atoms with Gasteiger partial charge in [-0.3, -0.25) is 0 Å². The van der Waals surface area contributed by atoms with E-state index in [4.69, 9.17) is 23.7 Å². The molecule has 0 aromatic carbocycles. The second-order valence-electron chi connectivity index (χ2n) is 16.5. The summed E-state index contributed by atoms with van der Waals surface area (Å²) in [5.74, 6) is 0. The van der Waals surface area contributed by atoms with Crippen LogP contribution in [0, 0.1) is 5.41 Å². The van der Waals surface area contributed by atoms with Crippen molar-refractivity contribution >= 4 is 0 Å². The summed E-state index contributed by atoms with van der Waals surface area (Å²) < 4.78 is 32.8. The third kappa shape index (κ3) is 14.2. The van der Waals surface area contributed by atoms with Crippen LogP contribution < -0.4 is 0 Å². The summed E-state index contributed by atoms with van der Waals surface area (Å²) in [6.07, 6.45) is 42.5. The van der Waals surface area contributed by atoms with Crippen LogP contribution in [0.4, 0.5) is 0 Å². The van der Waals surface area contributed by atoms with E-state index in [2.05, 4.69) is 0 Å². The van der Waals surface area contributed by atoms with Gasteiger partial charge in [-0.1, -0.05) is 77.0 Å². The quantitative estimate of drug-likeness (QED) is 0.0864. The Bertz CT molecular complexity index is 733. The van der Waals surface area contributed by atoms with E-state index >= 15 is 0 Å². The molecule has 5 fully saturated rings. The normalized spacial score (nSPS) is 23.2. The number of unbranched alkanes of at least 4 members (excludes halogenated alkanes) is 3. The summed E-state index contributed by atoms with van der Waals surface area (Å²) >= 11 is 0. The first kappa shape index (κ1) is 38.0. The Kier molecular flexibility index (Phi) is 18.3. The number of rotatable bonds is 26. The van der Waals surface area contributed by atoms with E-state index in [1.807, 2.05) is 0 Å². The molecule has 0 amide bonds. The maximum Gasteiger partial charge on any atom is 0.0635 e. The molecular weight excluding hydrogens is 584 g/mol. The minimum absolute atomic E-state index is 0.217. The molecule has 0 aliphatic heterocycles. The van der Waals surface area contributed by atoms with Crippen molar-refractivity contribution in [1.82, 2.24) is 0 Å². The Hall–Kier alpha value is -0.200. The van der Waals surface area contributed by atoms with Crippen molar-refractivity contribution < 1.29 is 23.7 Å². The average molecular weight is 661 g/mol. The SMILES string of the molecule is C(CCC(OC1CCCC1)C(CCCCOC1CCCC1)(CCCCOC1CCCC1)CCCOC1CCCC1)COC1CCCC1. The molecule has 1 atom stereocenters. The Balaban J connectivity index is 1.21. The highest BCUT2D eigenvalue weighted by Gasteiger charge is 2.40. The van der Waals surface area contributed by atoms with Crippen LogP contribution in [0.1, 0.15) is 199 Å². The molecule has 5 saturated carbocycles. The Morgan fingerprint density at radius 1 is 0.362 bits per heavy atom. The molecule has 0 heterocycles. The predicted molar refractivity (Wildman–Crippen MR) is 193 cm³/mol. The minimum atomic E-state index is 0.217. The molecule has 0 aromatic rings. The fraction of sp³-hybridized carbons (Fsp3) is 1.00. The number of ether oxygens (including phenoxy) is 5. The van der Waals surface area contributed by atoms with Crippen molar-refractivity contribution in [3.8, 4) is 0 Å². The Labute approximate surface area is 290 Å². The van der Waals surface area contributed by atoms with E-state index in [1.165, 1.54) is 199 Å². The van der Waals surface area contributed by atoms with Gasteiger partial charge in [-0.2, -0.15) is 0 Å². The summed E-state index contributed by atoms with van der Waals surface area (Å²) in [7, 11) is 0. The van der Waals surface area contributed by atoms with Gasteiger partial charge < -0.3 is 23.7 Å². The van der Waals surface area contributed by atoms with Gasteiger partial charge in [-0.05, 0) is 127 Å². The fourth-order valence-electron chi connectivity index (χ4n) is 9.87. The first-order valence-electron chi connectivity index (χ1n) is 21.4. The van der Waals surface area contributed by atoms with Crippen molar-refractivity contribution in [1.29, 1.82) is 0 Å². The van der Waals surface area contributed by atoms with Gasteiger partial charge in [0, 0.05) is 26.4 Å². The lowest BCUT2D eigenvalue weighted by molar-refractivity contribution is -0.102. The predicted octanol–water partition coefficient (Wildman–Crippen LogP) is 11.4. The highest BCUT2D eigenvalue weighted by Crippen LogP contribution is 2.45. The molecule has 5 rings (SSSR count). The Morgan fingerprint density at radius 3 is 1.09 bits per heavy atom. The van der Waals surface area contributed by atoms with Gasteiger partial charge in [0.05, 0.1) is 36.6 Å². The summed E-state index contributed by atoms with van der Waals surface area (Å²) in [6, 6.07) is 0. The molecule has 0 spiro atoms. The molecule has 0 aromatic heterocycles. The summed E-state index contributed by atoms with van der Waals surface area (Å²) in [6.45, 7) is 3.73. The van der Waals surface area contributed by atoms with E-state index in [0.717, 1.165) is 26.4 Å². The van der Waals surface area contributed by atoms with Gasteiger partial charge in [0.1, 0.15) is 0 Å². The first-order chi connectivity index (χ1) is 23.3. The van der Waals surface area contributed by atoms with Crippen LogP contribution in [0.25, 0.3) is 0 Å². The third-order valence-corrected chi connectivity index (χ3v) is 12.8. The maximum absolute atomic E-state index is 7.32. The van der Waals surface area contributed by atoms with Crippen LogP contribution in [-0.4, -0.2) is 63.1 Å². The fourth-order valence-corrected chi connectivity index (χ4v) is 9.87. The van der Waals surface area contributed by atoms with E-state index in [1.54, 1.807) is 0 Å². The largest absolute Gasteiger partial charge is 0.378 e. The van der Waals surface area contributed by atoms with Crippen molar-refractivity contribution in [2.24, 2.45) is 5.41 Å². The minimum Gasteiger partial charge on any atom is -0.378 e. The zero-order valence-corrected chi connectivity index (χ0v) is 30.8. The van der Waals surface area contributed by atoms with Crippen molar-refractivity contribution in [2.75, 3.05) is 26.4 Å². The molecule has 5 nitrogen and oxygen atoms in total. The van der Waals surface area contributed by atoms with Gasteiger partial charge in [-0.25, -0.2) is 0 Å². The molecule has 1 unspecified atom stereocenters. The third-order valence-electron chi connectivity index (χ3n) is 12.8. The van der Waals surface area contributed by atoms with Crippen molar-refractivity contribution in [3.05, 3.63) is 0 Å². The van der Waals surface area contributed by atoms with Gasteiger partial charge >= 0.3 is 0 Å². The second kappa shape index (κ2) is 22.6. The van der Waals surface area contributed by atoms with Crippen LogP contribution in [0.5, 0.6) is 0 Å². The van der Waals surface area contributed by atoms with E-state index < -0.39 is 0 Å². The van der Waals surface area contributed by atoms with Crippen molar-refractivity contribution in [3.63, 3.8) is 0 Å². The van der Waals surface area contributed by atoms with Gasteiger partial charge in [-0.15, -0.1) is 0 Å². The zero-order valence-electron chi connectivity index (χ0n) is 30.8. The zero-order chi connectivity index (χ0) is 32.2. The monoisotopic (exact) mass is 661 g/mol. The van der Waals surface area contributed by atoms with E-state index in [-0.39, 0.29) is 5.41 Å². The second-order valence-corrected chi connectivity index (χ2v) is 16.5. The first-order valence-corrected chi connectivity index (χ1v) is 21.4. The standard InChI is InChI=1S/C42H76O5/c1-2-19-36(18-1)43-32-14-11-28-41(47-40-26-9-10-27-40)42(31-17-35-46-39-24-7-8-25-39,29-12-15-33-44-37-20-3-4-21-37)30-13-16-34-45-38-22-5-6-23-38/h36-41H,1-35H2. The van der Waals surface area contributed by atoms with Crippen LogP contribution in [-0.2, 0) is 23.7 Å². The number of hydrogen-bond acceptors (Lipinski definition) is 5. The molecule has 0 N–H and O–H groups in total. The summed E-state index contributed by atoms with van der Waals surface area (Å²) in [5, 5.41) is 0. The highest BCUT2D eigenvalue weighted by atomic mass is 16.5. The highest BCUT2D eigenvalue weighted by molar-refractivity contribution is 4.90. The van der Waals surface area contributed by atoms with Gasteiger partial charge in [0.15, 0.2) is 0 Å². The molecule has 5 aliphatic rings. The molecule has 274 valence electrons. The molecule has 0 bridgehead atoms. The lowest BCUT2D eigenvalue weighted by Crippen LogP contribution is -2.40. The molecular formula is C42H76O5. The smallest absolute Gasteiger partial charge is 0.0635 e. The van der Waals surface area contributed by atoms with Gasteiger partial charge in [0.25, 0.3) is 0 Å². The summed E-state index contributed by atoms with van der Waals surface area (Å²) in [4.78, 5) is 0. The summed E-state index contributed by atoms with van der Waals surface area (Å²) in [5.41, 5.74) is 0.217. The topological polar surface area (TPSA) is 46.2 Å². The van der Waals surface area contributed by atoms with E-state index in [0.29, 0.717) is 36.6 Å². The van der Waals surface area contributed by atoms with Gasteiger partial charge in [0.2, 0.25) is 0 Å². The van der Waals surface area contributed by atoms with Crippen LogP contribution in [0.2, 0.25) is 0 Å². The van der Waals surface area contributed by atoms with Crippen LogP contribution in [0.15, 0.2) is 0 Å². The lowest BCUT2D eigenvalue weighted by atomic mass is 9.69. The molecule has 0 radical (unpaired) electrons. The molecule has 5 aliphatic carbocycles. The molecule has 5 heteroatoms. The molecule has 0 saturated heterocycles. The average Bonchev–Trinajstić information content (AvgIpc) is 3.92. The van der Waals surface area contributed by atoms with Crippen LogP contribution >= 0.6 is 0 Å². The lowest BCUT2D eigenvalue weighted by Gasteiger charge is -2.43.